The Morgan fingerprint density at radius 1 is 0.742 bits per heavy atom. The van der Waals surface area contributed by atoms with Crippen LogP contribution in [-0.2, 0) is 0 Å². The van der Waals surface area contributed by atoms with Crippen LogP contribution in [0.3, 0.4) is 0 Å². The zero-order valence-corrected chi connectivity index (χ0v) is 22.1. The molecule has 0 saturated carbocycles. The Balaban J connectivity index is 6.00. The number of hydrogen-bond acceptors (Lipinski definition) is 0. The van der Waals surface area contributed by atoms with E-state index in [0.29, 0.717) is 11.8 Å². The normalized spacial score (nSPS) is 15.9. The van der Waals surface area contributed by atoms with Crippen LogP contribution in [0, 0.1) is 23.2 Å². The van der Waals surface area contributed by atoms with E-state index in [2.05, 4.69) is 104 Å². The quantitative estimate of drug-likeness (QED) is 0.151. The summed E-state index contributed by atoms with van der Waals surface area (Å²) in [4.78, 5) is 0. The smallest absolute Gasteiger partial charge is 0.0363 e. The van der Waals surface area contributed by atoms with Crippen molar-refractivity contribution in [2.45, 2.75) is 113 Å². The minimum absolute atomic E-state index is 0.139. The van der Waals surface area contributed by atoms with Crippen molar-refractivity contribution in [2.24, 2.45) is 23.2 Å². The molecule has 0 bridgehead atoms. The highest BCUT2D eigenvalue weighted by atomic mass is 14.3. The molecule has 0 nitrogen and oxygen atoms in total. The molecule has 0 rings (SSSR count). The highest BCUT2D eigenvalue weighted by molar-refractivity contribution is 5.33. The molecule has 2 unspecified atom stereocenters. The van der Waals surface area contributed by atoms with E-state index in [1.54, 1.807) is 0 Å². The molecule has 0 fully saturated rings. The monoisotopic (exact) mass is 426 g/mol. The van der Waals surface area contributed by atoms with Crippen LogP contribution in [0.15, 0.2) is 60.8 Å². The van der Waals surface area contributed by atoms with Gasteiger partial charge in [-0.1, -0.05) is 128 Å². The second-order valence-corrected chi connectivity index (χ2v) is 10.1. The Labute approximate surface area is 196 Å². The number of allylic oxidation sites excluding steroid dienone is 9. The molecule has 0 aliphatic carbocycles. The molecule has 0 amide bonds. The van der Waals surface area contributed by atoms with Gasteiger partial charge in [-0.3, -0.25) is 0 Å². The molecule has 2 atom stereocenters. The third kappa shape index (κ3) is 13.7. The van der Waals surface area contributed by atoms with Gasteiger partial charge in [0.15, 0.2) is 0 Å². The van der Waals surface area contributed by atoms with Gasteiger partial charge in [-0.2, -0.15) is 0 Å². The Hall–Kier alpha value is -1.30. The second-order valence-electron chi connectivity index (χ2n) is 10.1. The van der Waals surface area contributed by atoms with Gasteiger partial charge in [0.1, 0.15) is 0 Å². The zero-order chi connectivity index (χ0) is 23.5. The van der Waals surface area contributed by atoms with Crippen molar-refractivity contribution in [2.75, 3.05) is 0 Å². The Bertz CT molecular complexity index is 555. The van der Waals surface area contributed by atoms with Gasteiger partial charge >= 0.3 is 0 Å². The summed E-state index contributed by atoms with van der Waals surface area (Å²) in [7, 11) is 0. The highest BCUT2D eigenvalue weighted by Crippen LogP contribution is 2.41. The third-order valence-corrected chi connectivity index (χ3v) is 5.98. The predicted molar refractivity (Wildman–Crippen MR) is 144 cm³/mol. The maximum atomic E-state index is 4.49. The molecule has 0 saturated heterocycles. The van der Waals surface area contributed by atoms with Gasteiger partial charge in [0.25, 0.3) is 0 Å². The van der Waals surface area contributed by atoms with Gasteiger partial charge in [0.2, 0.25) is 0 Å². The number of rotatable bonds is 18. The van der Waals surface area contributed by atoms with Gasteiger partial charge in [-0.25, -0.2) is 0 Å². The lowest BCUT2D eigenvalue weighted by Gasteiger charge is -2.34. The topological polar surface area (TPSA) is 0 Å². The summed E-state index contributed by atoms with van der Waals surface area (Å²) in [6.07, 6.45) is 31.6. The lowest BCUT2D eigenvalue weighted by atomic mass is 9.69. The standard InChI is InChI=1S/C31H54/c1-9-11-13-15-18-25-31(29(7)8,26-19-17-21-27(3)4)30(23-16-14-12-10-2)24-20-22-28(5)6/h16,18-20,23-28,30H,7,9-15,17,21-22H2,1-6,8H3. The van der Waals surface area contributed by atoms with E-state index in [-0.39, 0.29) is 5.41 Å². The molecule has 0 N–H and O–H groups in total. The minimum Gasteiger partial charge on any atom is -0.0989 e. The fourth-order valence-electron chi connectivity index (χ4n) is 3.79. The van der Waals surface area contributed by atoms with E-state index in [4.69, 9.17) is 0 Å². The molecule has 0 heterocycles. The lowest BCUT2D eigenvalue weighted by molar-refractivity contribution is 0.485. The first-order valence-electron chi connectivity index (χ1n) is 13.1. The zero-order valence-electron chi connectivity index (χ0n) is 22.1. The van der Waals surface area contributed by atoms with Crippen molar-refractivity contribution in [3.63, 3.8) is 0 Å². The number of unbranched alkanes of at least 4 members (excludes halogenated alkanes) is 5. The average molecular weight is 427 g/mol. The van der Waals surface area contributed by atoms with Crippen LogP contribution in [-0.4, -0.2) is 0 Å². The van der Waals surface area contributed by atoms with E-state index >= 15 is 0 Å². The SMILES string of the molecule is C=C(C)C(C=CCCCCC)(C=CCCC(C)C)C(C=CCCCC)C=CCC(C)C. The van der Waals surface area contributed by atoms with Crippen molar-refractivity contribution in [3.05, 3.63) is 60.8 Å². The average Bonchev–Trinajstić information content (AvgIpc) is 2.70. The van der Waals surface area contributed by atoms with Crippen LogP contribution >= 0.6 is 0 Å². The van der Waals surface area contributed by atoms with Crippen LogP contribution in [0.5, 0.6) is 0 Å². The molecule has 0 aromatic rings. The summed E-state index contributed by atoms with van der Waals surface area (Å²) in [5, 5.41) is 0. The largest absolute Gasteiger partial charge is 0.0989 e. The molecule has 0 aromatic carbocycles. The van der Waals surface area contributed by atoms with Crippen LogP contribution in [0.4, 0.5) is 0 Å². The Kier molecular flexibility index (Phi) is 17.5. The van der Waals surface area contributed by atoms with E-state index in [0.717, 1.165) is 31.6 Å². The summed E-state index contributed by atoms with van der Waals surface area (Å²) in [5.74, 6) is 1.74. The number of hydrogen-bond donors (Lipinski definition) is 0. The first-order valence-corrected chi connectivity index (χ1v) is 13.1. The van der Waals surface area contributed by atoms with Gasteiger partial charge in [-0.15, -0.1) is 0 Å². The molecule has 0 aromatic heterocycles. The fraction of sp³-hybridized carbons (Fsp3) is 0.677. The van der Waals surface area contributed by atoms with Gasteiger partial charge in [-0.05, 0) is 57.3 Å². The fourth-order valence-corrected chi connectivity index (χ4v) is 3.79. The molecule has 0 aliphatic heterocycles. The van der Waals surface area contributed by atoms with Crippen LogP contribution in [0.2, 0.25) is 0 Å². The molecular formula is C31H54. The van der Waals surface area contributed by atoms with Crippen molar-refractivity contribution in [1.29, 1.82) is 0 Å². The maximum absolute atomic E-state index is 4.49. The molecule has 178 valence electrons. The van der Waals surface area contributed by atoms with E-state index in [1.807, 2.05) is 0 Å². The van der Waals surface area contributed by atoms with E-state index in [1.165, 1.54) is 44.1 Å². The molecule has 0 heteroatoms. The van der Waals surface area contributed by atoms with Crippen molar-refractivity contribution in [1.82, 2.24) is 0 Å². The lowest BCUT2D eigenvalue weighted by Crippen LogP contribution is -2.25. The minimum atomic E-state index is -0.139. The van der Waals surface area contributed by atoms with Crippen molar-refractivity contribution < 1.29 is 0 Å². The van der Waals surface area contributed by atoms with Gasteiger partial charge < -0.3 is 0 Å². The van der Waals surface area contributed by atoms with Crippen molar-refractivity contribution in [3.8, 4) is 0 Å². The summed E-state index contributed by atoms with van der Waals surface area (Å²) in [6.45, 7) is 20.5. The molecule has 0 aliphatic rings. The predicted octanol–water partition coefficient (Wildman–Crippen LogP) is 10.6. The summed E-state index contributed by atoms with van der Waals surface area (Å²) in [5.41, 5.74) is 1.10. The third-order valence-electron chi connectivity index (χ3n) is 5.98. The van der Waals surface area contributed by atoms with Crippen LogP contribution in [0.25, 0.3) is 0 Å². The molecule has 0 spiro atoms. The summed E-state index contributed by atoms with van der Waals surface area (Å²) in [6, 6.07) is 0. The summed E-state index contributed by atoms with van der Waals surface area (Å²) < 4.78 is 0. The highest BCUT2D eigenvalue weighted by Gasteiger charge is 2.31. The Morgan fingerprint density at radius 3 is 1.87 bits per heavy atom. The molecule has 0 radical (unpaired) electrons. The summed E-state index contributed by atoms with van der Waals surface area (Å²) >= 11 is 0. The molecular weight excluding hydrogens is 372 g/mol. The first-order chi connectivity index (χ1) is 14.8. The molecule has 31 heavy (non-hydrogen) atoms. The van der Waals surface area contributed by atoms with Crippen molar-refractivity contribution >= 4 is 0 Å². The van der Waals surface area contributed by atoms with Crippen LogP contribution < -0.4 is 0 Å². The van der Waals surface area contributed by atoms with Gasteiger partial charge in [0, 0.05) is 11.3 Å². The maximum Gasteiger partial charge on any atom is 0.0363 e. The van der Waals surface area contributed by atoms with E-state index < -0.39 is 0 Å². The second kappa shape index (κ2) is 18.3. The Morgan fingerprint density at radius 2 is 1.32 bits per heavy atom. The van der Waals surface area contributed by atoms with E-state index in [9.17, 15) is 0 Å². The first kappa shape index (κ1) is 29.7. The van der Waals surface area contributed by atoms with Gasteiger partial charge in [0.05, 0.1) is 0 Å². The van der Waals surface area contributed by atoms with Crippen LogP contribution in [0.1, 0.15) is 113 Å².